The third kappa shape index (κ3) is 5.82. The average Bonchev–Trinajstić information content (AvgIpc) is 3.49. The molecule has 3 nitrogen and oxygen atoms in total. The van der Waals surface area contributed by atoms with Crippen molar-refractivity contribution in [3.8, 4) is 78.7 Å². The molecule has 0 unspecified atom stereocenters. The van der Waals surface area contributed by atoms with Gasteiger partial charge in [0.2, 0.25) is 0 Å². The van der Waals surface area contributed by atoms with Crippen LogP contribution in [0.15, 0.2) is 188 Å². The Labute approximate surface area is 321 Å². The van der Waals surface area contributed by atoms with Gasteiger partial charge in [0.1, 0.15) is 0 Å². The SMILES string of the molecule is CC1(C)c2ccccc2-c2cc(-c3ccc4c(-c5nc(-c6cccc(-c7ccccc7)c6)nc(-c6cccc(-c7ccccc7)c6)n5)cccc4c3)ccc21. The number of nitrogens with zero attached hydrogens (tertiary/aromatic N) is 3. The first-order chi connectivity index (χ1) is 27.0. The van der Waals surface area contributed by atoms with E-state index in [0.717, 1.165) is 49.7 Å². The Balaban J connectivity index is 1.10. The second kappa shape index (κ2) is 13.2. The molecule has 0 atom stereocenters. The van der Waals surface area contributed by atoms with Gasteiger partial charge in [0.05, 0.1) is 0 Å². The molecule has 10 rings (SSSR count). The zero-order chi connectivity index (χ0) is 36.9. The zero-order valence-corrected chi connectivity index (χ0v) is 30.7. The fraction of sp³-hybridized carbons (Fsp3) is 0.0577. The molecule has 0 saturated heterocycles. The molecule has 1 aliphatic carbocycles. The van der Waals surface area contributed by atoms with Crippen LogP contribution in [0.3, 0.4) is 0 Å². The van der Waals surface area contributed by atoms with Crippen molar-refractivity contribution in [1.29, 1.82) is 0 Å². The van der Waals surface area contributed by atoms with Crippen molar-refractivity contribution < 1.29 is 0 Å². The Hall–Kier alpha value is -6.97. The van der Waals surface area contributed by atoms with Gasteiger partial charge in [-0.05, 0) is 90.7 Å². The van der Waals surface area contributed by atoms with Crippen LogP contribution in [0.1, 0.15) is 25.0 Å². The van der Waals surface area contributed by atoms with Crippen LogP contribution in [0.2, 0.25) is 0 Å². The number of hydrogen-bond acceptors (Lipinski definition) is 3. The van der Waals surface area contributed by atoms with Crippen LogP contribution in [0, 0.1) is 0 Å². The highest BCUT2D eigenvalue weighted by molar-refractivity contribution is 5.98. The number of rotatable bonds is 6. The summed E-state index contributed by atoms with van der Waals surface area (Å²) >= 11 is 0. The maximum atomic E-state index is 5.20. The highest BCUT2D eigenvalue weighted by atomic mass is 15.0. The summed E-state index contributed by atoms with van der Waals surface area (Å²) < 4.78 is 0. The number of aromatic nitrogens is 3. The third-order valence-electron chi connectivity index (χ3n) is 11.1. The minimum Gasteiger partial charge on any atom is -0.208 e. The van der Waals surface area contributed by atoms with E-state index in [1.165, 1.54) is 33.4 Å². The number of fused-ring (bicyclic) bond motifs is 4. The Morgan fingerprint density at radius 3 is 1.45 bits per heavy atom. The highest BCUT2D eigenvalue weighted by Gasteiger charge is 2.35. The highest BCUT2D eigenvalue weighted by Crippen LogP contribution is 2.49. The first-order valence-corrected chi connectivity index (χ1v) is 18.9. The van der Waals surface area contributed by atoms with Gasteiger partial charge in [-0.1, -0.05) is 178 Å². The molecule has 1 aromatic heterocycles. The molecular weight excluding hydrogens is 667 g/mol. The lowest BCUT2D eigenvalue weighted by Gasteiger charge is -2.21. The molecule has 9 aromatic rings. The monoisotopic (exact) mass is 703 g/mol. The van der Waals surface area contributed by atoms with Gasteiger partial charge < -0.3 is 0 Å². The van der Waals surface area contributed by atoms with E-state index in [9.17, 15) is 0 Å². The third-order valence-corrected chi connectivity index (χ3v) is 11.1. The van der Waals surface area contributed by atoms with E-state index in [-0.39, 0.29) is 5.41 Å². The maximum Gasteiger partial charge on any atom is 0.164 e. The number of benzene rings is 8. The summed E-state index contributed by atoms with van der Waals surface area (Å²) in [6.45, 7) is 4.65. The van der Waals surface area contributed by atoms with Crippen LogP contribution >= 0.6 is 0 Å². The standard InChI is InChI=1S/C52H37N3/c1-52(2)47-25-10-9-23-44(47)46-33-39(27-29-48(46)52)38-26-28-43-40(30-38)20-13-24-45(43)51-54-49(41-21-11-18-36(31-41)34-14-5-3-6-15-34)53-50(55-51)42-22-12-19-37(32-42)35-16-7-4-8-17-35/h3-33H,1-2H3. The molecule has 0 fully saturated rings. The summed E-state index contributed by atoms with van der Waals surface area (Å²) in [5, 5.41) is 2.23. The smallest absolute Gasteiger partial charge is 0.164 e. The molecule has 55 heavy (non-hydrogen) atoms. The zero-order valence-electron chi connectivity index (χ0n) is 30.7. The summed E-state index contributed by atoms with van der Waals surface area (Å²) in [7, 11) is 0. The predicted molar refractivity (Wildman–Crippen MR) is 228 cm³/mol. The first kappa shape index (κ1) is 32.7. The van der Waals surface area contributed by atoms with Crippen LogP contribution in [0.4, 0.5) is 0 Å². The molecule has 0 radical (unpaired) electrons. The lowest BCUT2D eigenvalue weighted by molar-refractivity contribution is 0.660. The van der Waals surface area contributed by atoms with E-state index in [1.807, 2.05) is 12.1 Å². The first-order valence-electron chi connectivity index (χ1n) is 18.9. The molecule has 0 saturated carbocycles. The van der Waals surface area contributed by atoms with E-state index < -0.39 is 0 Å². The predicted octanol–water partition coefficient (Wildman–Crippen LogP) is 13.3. The van der Waals surface area contributed by atoms with E-state index in [4.69, 9.17) is 15.0 Å². The van der Waals surface area contributed by atoms with E-state index >= 15 is 0 Å². The van der Waals surface area contributed by atoms with Crippen molar-refractivity contribution in [2.45, 2.75) is 19.3 Å². The minimum absolute atomic E-state index is 0.0171. The molecule has 1 heterocycles. The summed E-state index contributed by atoms with van der Waals surface area (Å²) in [5.41, 5.74) is 15.2. The van der Waals surface area contributed by atoms with Gasteiger partial charge in [-0.15, -0.1) is 0 Å². The van der Waals surface area contributed by atoms with E-state index in [1.54, 1.807) is 0 Å². The average molecular weight is 704 g/mol. The van der Waals surface area contributed by atoms with Gasteiger partial charge in [0, 0.05) is 22.1 Å². The topological polar surface area (TPSA) is 38.7 Å². The Morgan fingerprint density at radius 1 is 0.309 bits per heavy atom. The van der Waals surface area contributed by atoms with Gasteiger partial charge in [-0.25, -0.2) is 15.0 Å². The van der Waals surface area contributed by atoms with Crippen LogP contribution in [-0.4, -0.2) is 15.0 Å². The molecule has 0 aliphatic heterocycles. The molecule has 0 spiro atoms. The second-order valence-corrected chi connectivity index (χ2v) is 14.9. The van der Waals surface area contributed by atoms with Crippen molar-refractivity contribution in [2.75, 3.05) is 0 Å². The van der Waals surface area contributed by atoms with Crippen LogP contribution in [0.5, 0.6) is 0 Å². The summed E-state index contributed by atoms with van der Waals surface area (Å²) in [6.07, 6.45) is 0. The van der Waals surface area contributed by atoms with Crippen LogP contribution in [-0.2, 0) is 5.41 Å². The van der Waals surface area contributed by atoms with Crippen molar-refractivity contribution >= 4 is 10.8 Å². The lowest BCUT2D eigenvalue weighted by Crippen LogP contribution is -2.14. The van der Waals surface area contributed by atoms with E-state index in [0.29, 0.717) is 17.5 Å². The van der Waals surface area contributed by atoms with Crippen molar-refractivity contribution in [3.05, 3.63) is 199 Å². The fourth-order valence-corrected chi connectivity index (χ4v) is 8.25. The van der Waals surface area contributed by atoms with Crippen LogP contribution < -0.4 is 0 Å². The van der Waals surface area contributed by atoms with Gasteiger partial charge >= 0.3 is 0 Å². The number of hydrogen-bond donors (Lipinski definition) is 0. The van der Waals surface area contributed by atoms with Gasteiger partial charge in [0.25, 0.3) is 0 Å². The molecule has 1 aliphatic rings. The Bertz CT molecular complexity index is 2790. The quantitative estimate of drug-likeness (QED) is 0.173. The van der Waals surface area contributed by atoms with Gasteiger partial charge in [-0.3, -0.25) is 0 Å². The second-order valence-electron chi connectivity index (χ2n) is 14.9. The largest absolute Gasteiger partial charge is 0.208 e. The van der Waals surface area contributed by atoms with Crippen molar-refractivity contribution in [3.63, 3.8) is 0 Å². The summed E-state index contributed by atoms with van der Waals surface area (Å²) in [6, 6.07) is 66.7. The van der Waals surface area contributed by atoms with Gasteiger partial charge in [-0.2, -0.15) is 0 Å². The molecule has 0 bridgehead atoms. The molecule has 0 amide bonds. The normalized spacial score (nSPS) is 12.7. The van der Waals surface area contributed by atoms with E-state index in [2.05, 4.69) is 190 Å². The van der Waals surface area contributed by atoms with Crippen molar-refractivity contribution in [2.24, 2.45) is 0 Å². The molecule has 8 aromatic carbocycles. The molecule has 3 heteroatoms. The lowest BCUT2D eigenvalue weighted by atomic mass is 9.82. The van der Waals surface area contributed by atoms with Gasteiger partial charge in [0.15, 0.2) is 17.5 Å². The fourth-order valence-electron chi connectivity index (χ4n) is 8.25. The minimum atomic E-state index is -0.0171. The Kier molecular flexibility index (Phi) is 7.81. The molecular formula is C52H37N3. The maximum absolute atomic E-state index is 5.20. The van der Waals surface area contributed by atoms with Crippen LogP contribution in [0.25, 0.3) is 89.4 Å². The summed E-state index contributed by atoms with van der Waals surface area (Å²) in [4.78, 5) is 15.5. The Morgan fingerprint density at radius 2 is 0.782 bits per heavy atom. The molecule has 0 N–H and O–H groups in total. The van der Waals surface area contributed by atoms with Crippen molar-refractivity contribution in [1.82, 2.24) is 15.0 Å². The molecule has 260 valence electrons. The summed E-state index contributed by atoms with van der Waals surface area (Å²) in [5.74, 6) is 1.92.